The molecular formula is C15H22N2. The van der Waals surface area contributed by atoms with Gasteiger partial charge in [-0.3, -0.25) is 0 Å². The summed E-state index contributed by atoms with van der Waals surface area (Å²) in [6.45, 7) is 4.60. The molecule has 2 N–H and O–H groups in total. The van der Waals surface area contributed by atoms with Crippen LogP contribution in [0.4, 0.5) is 0 Å². The van der Waals surface area contributed by atoms with Gasteiger partial charge < -0.3 is 10.6 Å². The molecule has 1 aliphatic heterocycles. The van der Waals surface area contributed by atoms with Crippen molar-refractivity contribution < 1.29 is 0 Å². The summed E-state index contributed by atoms with van der Waals surface area (Å²) < 4.78 is 0. The zero-order valence-corrected chi connectivity index (χ0v) is 10.4. The van der Waals surface area contributed by atoms with Crippen LogP contribution >= 0.6 is 0 Å². The van der Waals surface area contributed by atoms with Gasteiger partial charge in [0.15, 0.2) is 0 Å². The summed E-state index contributed by atoms with van der Waals surface area (Å²) in [6, 6.07) is 8.99. The standard InChI is InChI=1S/C15H22N2/c16-6-3-7-17-10-14-8-12-4-1-2-5-13(12)9-15(14)11-17/h1-2,4-5,14-15H,3,6-11,16H2/t14-,15+. The third-order valence-electron chi connectivity index (χ3n) is 4.41. The molecule has 0 amide bonds. The van der Waals surface area contributed by atoms with Crippen molar-refractivity contribution in [3.8, 4) is 0 Å². The highest BCUT2D eigenvalue weighted by atomic mass is 15.2. The first-order valence-corrected chi connectivity index (χ1v) is 6.86. The van der Waals surface area contributed by atoms with E-state index < -0.39 is 0 Å². The summed E-state index contributed by atoms with van der Waals surface area (Å²) in [5, 5.41) is 0. The summed E-state index contributed by atoms with van der Waals surface area (Å²) >= 11 is 0. The molecule has 92 valence electrons. The van der Waals surface area contributed by atoms with E-state index in [0.717, 1.165) is 24.8 Å². The van der Waals surface area contributed by atoms with Crippen LogP contribution in [0.2, 0.25) is 0 Å². The summed E-state index contributed by atoms with van der Waals surface area (Å²) in [5.41, 5.74) is 8.78. The van der Waals surface area contributed by atoms with Crippen molar-refractivity contribution in [3.63, 3.8) is 0 Å². The first-order chi connectivity index (χ1) is 8.36. The fourth-order valence-electron chi connectivity index (χ4n) is 3.52. The Balaban J connectivity index is 1.68. The second-order valence-corrected chi connectivity index (χ2v) is 5.60. The molecule has 2 atom stereocenters. The molecular weight excluding hydrogens is 208 g/mol. The van der Waals surface area contributed by atoms with Gasteiger partial charge >= 0.3 is 0 Å². The van der Waals surface area contributed by atoms with E-state index in [9.17, 15) is 0 Å². The van der Waals surface area contributed by atoms with Crippen LogP contribution < -0.4 is 5.73 Å². The van der Waals surface area contributed by atoms with Gasteiger partial charge in [0.1, 0.15) is 0 Å². The molecule has 1 aromatic carbocycles. The van der Waals surface area contributed by atoms with E-state index in [1.807, 2.05) is 0 Å². The summed E-state index contributed by atoms with van der Waals surface area (Å²) in [6.07, 6.45) is 3.73. The van der Waals surface area contributed by atoms with Gasteiger partial charge in [0, 0.05) is 13.1 Å². The van der Waals surface area contributed by atoms with E-state index in [1.54, 1.807) is 11.1 Å². The fourth-order valence-corrected chi connectivity index (χ4v) is 3.52. The number of benzene rings is 1. The van der Waals surface area contributed by atoms with Crippen LogP contribution in [0.1, 0.15) is 17.5 Å². The number of nitrogens with zero attached hydrogens (tertiary/aromatic N) is 1. The number of hydrogen-bond acceptors (Lipinski definition) is 2. The molecule has 1 heterocycles. The Kier molecular flexibility index (Phi) is 3.17. The number of fused-ring (bicyclic) bond motifs is 2. The minimum absolute atomic E-state index is 0.825. The van der Waals surface area contributed by atoms with Gasteiger partial charge in [-0.2, -0.15) is 0 Å². The first-order valence-electron chi connectivity index (χ1n) is 6.86. The van der Waals surface area contributed by atoms with Crippen molar-refractivity contribution >= 4 is 0 Å². The van der Waals surface area contributed by atoms with Crippen LogP contribution in [0.15, 0.2) is 24.3 Å². The average molecular weight is 230 g/mol. The van der Waals surface area contributed by atoms with Gasteiger partial charge in [0.05, 0.1) is 0 Å². The van der Waals surface area contributed by atoms with Gasteiger partial charge in [-0.15, -0.1) is 0 Å². The zero-order chi connectivity index (χ0) is 11.7. The molecule has 0 unspecified atom stereocenters. The smallest absolute Gasteiger partial charge is 0.00162 e. The number of rotatable bonds is 3. The summed E-state index contributed by atoms with van der Waals surface area (Å²) in [5.74, 6) is 1.78. The molecule has 1 aromatic rings. The quantitative estimate of drug-likeness (QED) is 0.856. The normalized spacial score (nSPS) is 27.8. The van der Waals surface area contributed by atoms with Crippen molar-refractivity contribution in [2.75, 3.05) is 26.2 Å². The van der Waals surface area contributed by atoms with Crippen LogP contribution in [0.25, 0.3) is 0 Å². The number of nitrogens with two attached hydrogens (primary N) is 1. The summed E-state index contributed by atoms with van der Waals surface area (Å²) in [4.78, 5) is 2.62. The number of hydrogen-bond donors (Lipinski definition) is 1. The lowest BCUT2D eigenvalue weighted by molar-refractivity contribution is 0.319. The van der Waals surface area contributed by atoms with Crippen molar-refractivity contribution in [3.05, 3.63) is 35.4 Å². The largest absolute Gasteiger partial charge is 0.330 e. The van der Waals surface area contributed by atoms with Crippen LogP contribution in [0.5, 0.6) is 0 Å². The van der Waals surface area contributed by atoms with E-state index in [1.165, 1.54) is 32.5 Å². The second-order valence-electron chi connectivity index (χ2n) is 5.60. The van der Waals surface area contributed by atoms with E-state index in [-0.39, 0.29) is 0 Å². The predicted octanol–water partition coefficient (Wildman–Crippen LogP) is 1.68. The molecule has 0 saturated carbocycles. The monoisotopic (exact) mass is 230 g/mol. The Hall–Kier alpha value is -0.860. The highest BCUT2D eigenvalue weighted by molar-refractivity contribution is 5.31. The fraction of sp³-hybridized carbons (Fsp3) is 0.600. The Bertz CT molecular complexity index is 355. The molecule has 0 bridgehead atoms. The molecule has 1 aliphatic carbocycles. The lowest BCUT2D eigenvalue weighted by Gasteiger charge is -2.26. The molecule has 3 rings (SSSR count). The maximum Gasteiger partial charge on any atom is 0.00162 e. The van der Waals surface area contributed by atoms with Crippen LogP contribution in [0, 0.1) is 11.8 Å². The van der Waals surface area contributed by atoms with Crippen molar-refractivity contribution in [1.82, 2.24) is 4.90 Å². The Morgan fingerprint density at radius 3 is 2.18 bits per heavy atom. The maximum absolute atomic E-state index is 5.60. The van der Waals surface area contributed by atoms with E-state index >= 15 is 0 Å². The number of likely N-dealkylation sites (tertiary alicyclic amines) is 1. The zero-order valence-electron chi connectivity index (χ0n) is 10.4. The molecule has 0 aromatic heterocycles. The molecule has 0 spiro atoms. The molecule has 1 saturated heterocycles. The van der Waals surface area contributed by atoms with Gasteiger partial charge in [0.25, 0.3) is 0 Å². The minimum atomic E-state index is 0.825. The van der Waals surface area contributed by atoms with E-state index in [4.69, 9.17) is 5.73 Å². The Labute approximate surface area is 104 Å². The predicted molar refractivity (Wildman–Crippen MR) is 70.9 cm³/mol. The lowest BCUT2D eigenvalue weighted by Crippen LogP contribution is -2.24. The van der Waals surface area contributed by atoms with Gasteiger partial charge in [-0.25, -0.2) is 0 Å². The molecule has 2 heteroatoms. The second kappa shape index (κ2) is 4.79. The topological polar surface area (TPSA) is 29.3 Å². The third kappa shape index (κ3) is 2.24. The van der Waals surface area contributed by atoms with Gasteiger partial charge in [0.2, 0.25) is 0 Å². The highest BCUT2D eigenvalue weighted by Crippen LogP contribution is 2.35. The Morgan fingerprint density at radius 2 is 1.65 bits per heavy atom. The van der Waals surface area contributed by atoms with Crippen molar-refractivity contribution in [2.24, 2.45) is 17.6 Å². The third-order valence-corrected chi connectivity index (χ3v) is 4.41. The van der Waals surface area contributed by atoms with Crippen LogP contribution in [0.3, 0.4) is 0 Å². The van der Waals surface area contributed by atoms with Crippen LogP contribution in [-0.4, -0.2) is 31.1 Å². The van der Waals surface area contributed by atoms with Crippen molar-refractivity contribution in [1.29, 1.82) is 0 Å². The first kappa shape index (κ1) is 11.2. The van der Waals surface area contributed by atoms with Gasteiger partial charge in [-0.1, -0.05) is 24.3 Å². The molecule has 0 radical (unpaired) electrons. The molecule has 17 heavy (non-hydrogen) atoms. The average Bonchev–Trinajstić information content (AvgIpc) is 2.75. The van der Waals surface area contributed by atoms with Crippen LogP contribution in [-0.2, 0) is 12.8 Å². The summed E-state index contributed by atoms with van der Waals surface area (Å²) in [7, 11) is 0. The van der Waals surface area contributed by atoms with Crippen molar-refractivity contribution in [2.45, 2.75) is 19.3 Å². The maximum atomic E-state index is 5.60. The highest BCUT2D eigenvalue weighted by Gasteiger charge is 2.35. The van der Waals surface area contributed by atoms with E-state index in [0.29, 0.717) is 0 Å². The minimum Gasteiger partial charge on any atom is -0.330 e. The molecule has 1 fully saturated rings. The van der Waals surface area contributed by atoms with E-state index in [2.05, 4.69) is 29.2 Å². The van der Waals surface area contributed by atoms with Gasteiger partial charge in [-0.05, 0) is 55.3 Å². The SMILES string of the molecule is NCCCN1C[C@H]2Cc3ccccc3C[C@H]2C1. The lowest BCUT2D eigenvalue weighted by atomic mass is 9.78. The molecule has 2 aliphatic rings. The molecule has 2 nitrogen and oxygen atoms in total. The Morgan fingerprint density at radius 1 is 1.06 bits per heavy atom.